The molecular formula is C57H86N10O8Si2. The first-order chi connectivity index (χ1) is 36.6. The molecule has 6 heterocycles. The van der Waals surface area contributed by atoms with E-state index >= 15 is 0 Å². The van der Waals surface area contributed by atoms with Crippen LogP contribution in [0.4, 0.5) is 11.6 Å². The van der Waals surface area contributed by atoms with E-state index in [0.29, 0.717) is 98.1 Å². The van der Waals surface area contributed by atoms with E-state index in [1.54, 1.807) is 77.2 Å². The maximum atomic E-state index is 13.5. The topological polar surface area (TPSA) is 220 Å². The minimum atomic E-state index is -2.39. The summed E-state index contributed by atoms with van der Waals surface area (Å²) >= 11 is 0. The number of Topliss-reactive ketones (excluding diaryl/α,β-unsaturated/α-hetero) is 1. The number of amides is 2. The number of hydrogen-bond donors (Lipinski definition) is 3. The number of benzene rings is 2. The van der Waals surface area contributed by atoms with E-state index in [9.17, 15) is 19.5 Å². The predicted molar refractivity (Wildman–Crippen MR) is 309 cm³/mol. The Morgan fingerprint density at radius 1 is 0.636 bits per heavy atom. The fraction of sp³-hybridized carbons (Fsp3) is 0.561. The van der Waals surface area contributed by atoms with Gasteiger partial charge in [-0.3, -0.25) is 23.5 Å². The number of aromatic nitrogens is 8. The van der Waals surface area contributed by atoms with Crippen LogP contribution in [-0.2, 0) is 23.1 Å². The zero-order chi connectivity index (χ0) is 56.5. The molecule has 4 aromatic heterocycles. The number of aliphatic hydroxyl groups is 1. The molecule has 20 heteroatoms. The first-order valence-electron chi connectivity index (χ1n) is 27.6. The van der Waals surface area contributed by atoms with Crippen LogP contribution in [0.2, 0.25) is 33.2 Å². The quantitative estimate of drug-likeness (QED) is 0.0682. The second-order valence-electron chi connectivity index (χ2n) is 21.3. The van der Waals surface area contributed by atoms with Crippen molar-refractivity contribution >= 4 is 68.2 Å². The number of carbonyl (C=O) groups excluding carboxylic acids is 3. The number of fused-ring (bicyclic) bond motifs is 2. The lowest BCUT2D eigenvalue weighted by Gasteiger charge is -2.45. The van der Waals surface area contributed by atoms with E-state index in [1.165, 1.54) is 12.7 Å². The van der Waals surface area contributed by atoms with Crippen molar-refractivity contribution in [3.63, 3.8) is 0 Å². The molecule has 77 heavy (non-hydrogen) atoms. The maximum Gasteiger partial charge on any atom is 0.256 e. The highest BCUT2D eigenvalue weighted by Crippen LogP contribution is 2.48. The Kier molecular flexibility index (Phi) is 21.1. The second-order valence-corrected chi connectivity index (χ2v) is 32.1. The van der Waals surface area contributed by atoms with Crippen LogP contribution in [0.15, 0.2) is 86.0 Å². The van der Waals surface area contributed by atoms with Crippen LogP contribution in [0.25, 0.3) is 22.3 Å². The highest BCUT2D eigenvalue weighted by molar-refractivity contribution is 6.78. The minimum absolute atomic E-state index is 0. The molecule has 0 bridgehead atoms. The first-order valence-corrected chi connectivity index (χ1v) is 31.2. The third-order valence-electron chi connectivity index (χ3n) is 15.1. The standard InChI is InChI=1S/C27H39N5O4Si.C27H37N5O4Si.C2H6.CH4/c2*1-8-20-22(33)23(36-37(16(2)3,17(4)5)18(6)7)27(35-20)32-15-30-21-24(28-14-29-25(21)32)31-26(34)19-12-10-9-11-13-19;1-2;/h9-18,20,22-23,27,33H,8H2,1-7H3,(H,28,29,31,34);9-18,20,23,27H,8H2,1-7H3,(H,28,29,31,34);1-2H3;1H4/t20-,22-,23-,27-;20-,23-,27-;;/m11../s1/i;;1D;. The van der Waals surface area contributed by atoms with Gasteiger partial charge in [0, 0.05) is 12.5 Å². The summed E-state index contributed by atoms with van der Waals surface area (Å²) in [5.41, 5.74) is 4.84. The second kappa shape index (κ2) is 26.8. The van der Waals surface area contributed by atoms with Crippen LogP contribution in [0.3, 0.4) is 0 Å². The first kappa shape index (κ1) is 60.6. The Bertz CT molecular complexity index is 2840. The van der Waals surface area contributed by atoms with E-state index in [-0.39, 0.29) is 31.1 Å². The van der Waals surface area contributed by atoms with Crippen molar-refractivity contribution in [1.82, 2.24) is 39.0 Å². The lowest BCUT2D eigenvalue weighted by Crippen LogP contribution is -2.53. The van der Waals surface area contributed by atoms with Crippen LogP contribution in [0.1, 0.15) is 166 Å². The monoisotopic (exact) mass is 1100 g/mol. The number of carbonyl (C=O) groups is 3. The Balaban J connectivity index is 0.000000270. The summed E-state index contributed by atoms with van der Waals surface area (Å²) in [6, 6.07) is 17.8. The smallest absolute Gasteiger partial charge is 0.256 e. The fourth-order valence-corrected chi connectivity index (χ4v) is 22.8. The molecule has 2 saturated heterocycles. The Hall–Kier alpha value is -5.62. The molecule has 18 nitrogen and oxygen atoms in total. The average molecular weight is 1100 g/mol. The maximum absolute atomic E-state index is 13.5. The molecule has 6 aromatic rings. The van der Waals surface area contributed by atoms with E-state index in [0.717, 1.165) is 0 Å². The van der Waals surface area contributed by atoms with Crippen LogP contribution >= 0.6 is 0 Å². The Labute approximate surface area is 459 Å². The third-order valence-corrected chi connectivity index (χ3v) is 27.3. The Morgan fingerprint density at radius 3 is 1.43 bits per heavy atom. The van der Waals surface area contributed by atoms with E-state index < -0.39 is 53.5 Å². The molecule has 420 valence electrons. The van der Waals surface area contributed by atoms with Gasteiger partial charge in [-0.15, -0.1) is 0 Å². The number of imidazole rings is 2. The van der Waals surface area contributed by atoms with Gasteiger partial charge in [-0.05, 0) is 70.4 Å². The molecule has 2 aliphatic rings. The molecule has 2 fully saturated rings. The number of hydrogen-bond acceptors (Lipinski definition) is 14. The van der Waals surface area contributed by atoms with Crippen molar-refractivity contribution < 1.29 is 39.2 Å². The summed E-state index contributed by atoms with van der Waals surface area (Å²) in [4.78, 5) is 65.6. The predicted octanol–water partition coefficient (Wildman–Crippen LogP) is 12.5. The van der Waals surface area contributed by atoms with Crippen molar-refractivity contribution in [2.24, 2.45) is 0 Å². The molecule has 2 aliphatic heterocycles. The molecule has 2 aromatic carbocycles. The number of aliphatic hydroxyl groups excluding tert-OH is 1. The number of nitrogens with one attached hydrogen (secondary N) is 2. The normalized spacial score (nSPS) is 20.9. The summed E-state index contributed by atoms with van der Waals surface area (Å²) < 4.78 is 36.5. The highest BCUT2D eigenvalue weighted by atomic mass is 28.4. The molecule has 8 rings (SSSR count). The van der Waals surface area contributed by atoms with Crippen molar-refractivity contribution in [3.05, 3.63) is 97.1 Å². The minimum Gasteiger partial charge on any atom is -0.406 e. The van der Waals surface area contributed by atoms with Crippen molar-refractivity contribution in [2.75, 3.05) is 10.6 Å². The van der Waals surface area contributed by atoms with Crippen molar-refractivity contribution in [3.8, 4) is 0 Å². The third kappa shape index (κ3) is 12.5. The number of ether oxygens (including phenoxy) is 2. The Morgan fingerprint density at radius 2 is 1.04 bits per heavy atom. The summed E-state index contributed by atoms with van der Waals surface area (Å²) in [5.74, 6) is -0.00901. The summed E-state index contributed by atoms with van der Waals surface area (Å²) in [6.07, 6.45) is 2.82. The van der Waals surface area contributed by atoms with Gasteiger partial charge in [-0.2, -0.15) is 0 Å². The van der Waals surface area contributed by atoms with Gasteiger partial charge in [-0.1, -0.05) is 155 Å². The van der Waals surface area contributed by atoms with E-state index in [1.807, 2.05) is 26.0 Å². The summed E-state index contributed by atoms with van der Waals surface area (Å²) in [7, 11) is -4.73. The van der Waals surface area contributed by atoms with Gasteiger partial charge in [0.15, 0.2) is 58.3 Å². The molecule has 0 saturated carbocycles. The number of rotatable bonds is 18. The van der Waals surface area contributed by atoms with Gasteiger partial charge in [0.1, 0.15) is 31.0 Å². The molecule has 2 amide bonds. The fourth-order valence-electron chi connectivity index (χ4n) is 11.7. The molecule has 7 atom stereocenters. The lowest BCUT2D eigenvalue weighted by atomic mass is 10.1. The molecular weight excluding hydrogens is 1010 g/mol. The van der Waals surface area contributed by atoms with Gasteiger partial charge >= 0.3 is 0 Å². The van der Waals surface area contributed by atoms with E-state index in [4.69, 9.17) is 19.7 Å². The summed E-state index contributed by atoms with van der Waals surface area (Å²) in [5, 5.41) is 17.0. The highest BCUT2D eigenvalue weighted by Gasteiger charge is 2.55. The van der Waals surface area contributed by atoms with Crippen molar-refractivity contribution in [2.45, 2.75) is 207 Å². The van der Waals surface area contributed by atoms with Gasteiger partial charge in [-0.25, -0.2) is 29.9 Å². The molecule has 0 unspecified atom stereocenters. The zero-order valence-electron chi connectivity index (χ0n) is 48.1. The lowest BCUT2D eigenvalue weighted by molar-refractivity contribution is -0.126. The number of ketones is 1. The van der Waals surface area contributed by atoms with Gasteiger partial charge in [0.2, 0.25) is 16.6 Å². The number of nitrogens with zero attached hydrogens (tertiary/aromatic N) is 8. The summed E-state index contributed by atoms with van der Waals surface area (Å²) in [6.45, 7) is 32.7. The van der Waals surface area contributed by atoms with Gasteiger partial charge in [0.05, 0.1) is 18.8 Å². The van der Waals surface area contributed by atoms with Crippen LogP contribution < -0.4 is 10.6 Å². The van der Waals surface area contributed by atoms with Crippen LogP contribution in [0.5, 0.6) is 0 Å². The van der Waals surface area contributed by atoms with Gasteiger partial charge in [0.25, 0.3) is 11.8 Å². The average Bonchev–Trinajstić information content (AvgIpc) is 4.29. The zero-order valence-corrected chi connectivity index (χ0v) is 49.1. The largest absolute Gasteiger partial charge is 0.406 e. The van der Waals surface area contributed by atoms with Crippen LogP contribution in [-0.4, -0.2) is 109 Å². The van der Waals surface area contributed by atoms with Crippen molar-refractivity contribution in [1.29, 1.82) is 0 Å². The molecule has 0 aliphatic carbocycles. The van der Waals surface area contributed by atoms with Crippen LogP contribution in [0, 0.1) is 0 Å². The van der Waals surface area contributed by atoms with E-state index in [2.05, 4.69) is 124 Å². The molecule has 0 radical (unpaired) electrons. The number of anilines is 2. The van der Waals surface area contributed by atoms with Gasteiger partial charge < -0.3 is 34.1 Å². The molecule has 3 N–H and O–H groups in total. The SMILES string of the molecule is C.CC[C@H]1O[C@@H](n2cnc3c(NC(=O)c4ccccc4)ncnc32)[C@H](O[Si](C(C)C)(C(C)C)C(C)C)C1=O.CC[C@H]1O[C@@H](n2cnc3c(NC(=O)c4ccccc4)ncnc32)[C@H](O[Si](C(C)C)(C(C)C)C(C)C)[C@@H]1O.[2H]CC. The molecule has 0 spiro atoms.